The lowest BCUT2D eigenvalue weighted by molar-refractivity contribution is -0.124. The van der Waals surface area contributed by atoms with E-state index in [0.29, 0.717) is 12.3 Å². The van der Waals surface area contributed by atoms with Crippen LogP contribution in [0.2, 0.25) is 0 Å². The van der Waals surface area contributed by atoms with Crippen LogP contribution in [0.15, 0.2) is 10.5 Å². The fraction of sp³-hybridized carbons (Fsp3) is 0.538. The van der Waals surface area contributed by atoms with Crippen molar-refractivity contribution in [1.29, 1.82) is 0 Å². The van der Waals surface area contributed by atoms with Crippen molar-refractivity contribution >= 4 is 11.8 Å². The lowest BCUT2D eigenvalue weighted by Gasteiger charge is -2.32. The average Bonchev–Trinajstić information content (AvgIpc) is 2.79. The third kappa shape index (κ3) is 3.00. The Kier molecular flexibility index (Phi) is 4.41. The van der Waals surface area contributed by atoms with Gasteiger partial charge in [-0.3, -0.25) is 19.9 Å². The van der Waals surface area contributed by atoms with Gasteiger partial charge in [-0.25, -0.2) is 5.84 Å². The van der Waals surface area contributed by atoms with Gasteiger partial charge in [0.2, 0.25) is 5.91 Å². The molecule has 2 rings (SSSR count). The summed E-state index contributed by atoms with van der Waals surface area (Å²) in [6.45, 7) is 3.04. The van der Waals surface area contributed by atoms with Crippen LogP contribution in [0, 0.1) is 6.92 Å². The normalized spacial score (nSPS) is 19.8. The van der Waals surface area contributed by atoms with Crippen LogP contribution < -0.4 is 17.0 Å². The van der Waals surface area contributed by atoms with Crippen molar-refractivity contribution in [2.75, 3.05) is 6.54 Å². The van der Waals surface area contributed by atoms with Gasteiger partial charge in [-0.05, 0) is 32.4 Å². The Morgan fingerprint density at radius 3 is 2.90 bits per heavy atom. The Morgan fingerprint density at radius 2 is 2.25 bits per heavy atom. The molecule has 1 aliphatic heterocycles. The molecule has 7 heteroatoms. The van der Waals surface area contributed by atoms with E-state index >= 15 is 0 Å². The Hall–Kier alpha value is -1.86. The molecule has 0 aliphatic carbocycles. The molecule has 2 amide bonds. The molecule has 1 aromatic rings. The summed E-state index contributed by atoms with van der Waals surface area (Å²) in [5.41, 5.74) is 8.19. The van der Waals surface area contributed by atoms with E-state index in [1.165, 1.54) is 0 Å². The smallest absolute Gasteiger partial charge is 0.301 e. The van der Waals surface area contributed by atoms with E-state index < -0.39 is 5.91 Å². The molecule has 1 aliphatic rings. The van der Waals surface area contributed by atoms with E-state index in [4.69, 9.17) is 16.0 Å². The molecule has 7 nitrogen and oxygen atoms in total. The number of likely N-dealkylation sites (tertiary alicyclic amines) is 1. The van der Waals surface area contributed by atoms with Crippen LogP contribution in [-0.2, 0) is 11.3 Å². The number of carbonyl (C=O) groups is 2. The van der Waals surface area contributed by atoms with Gasteiger partial charge in [-0.1, -0.05) is 6.42 Å². The van der Waals surface area contributed by atoms with Crippen molar-refractivity contribution in [1.82, 2.24) is 10.3 Å². The molecule has 2 heterocycles. The SMILES string of the molecule is Cc1cc(CN2CCCCC2C(N)=O)oc1C(=O)NN. The first-order chi connectivity index (χ1) is 9.52. The predicted octanol–water partition coefficient (Wildman–Crippen LogP) is 0.0313. The zero-order valence-electron chi connectivity index (χ0n) is 11.5. The van der Waals surface area contributed by atoms with E-state index in [0.717, 1.165) is 31.4 Å². The highest BCUT2D eigenvalue weighted by Gasteiger charge is 2.28. The molecule has 0 saturated carbocycles. The second kappa shape index (κ2) is 6.06. The first kappa shape index (κ1) is 14.5. The summed E-state index contributed by atoms with van der Waals surface area (Å²) in [6, 6.07) is 1.53. The van der Waals surface area contributed by atoms with Crippen molar-refractivity contribution in [3.05, 3.63) is 23.2 Å². The Labute approximate surface area is 117 Å². The monoisotopic (exact) mass is 280 g/mol. The maximum atomic E-state index is 11.5. The number of hydrogen-bond acceptors (Lipinski definition) is 5. The van der Waals surface area contributed by atoms with Gasteiger partial charge < -0.3 is 10.2 Å². The number of nitrogens with one attached hydrogen (secondary N) is 1. The molecule has 0 spiro atoms. The fourth-order valence-electron chi connectivity index (χ4n) is 2.62. The molecule has 1 unspecified atom stereocenters. The van der Waals surface area contributed by atoms with Gasteiger partial charge in [-0.2, -0.15) is 0 Å². The quantitative estimate of drug-likeness (QED) is 0.409. The van der Waals surface area contributed by atoms with E-state index in [2.05, 4.69) is 0 Å². The van der Waals surface area contributed by atoms with E-state index in [9.17, 15) is 9.59 Å². The van der Waals surface area contributed by atoms with Crippen LogP contribution >= 0.6 is 0 Å². The van der Waals surface area contributed by atoms with Crippen LogP contribution in [0.1, 0.15) is 41.1 Å². The predicted molar refractivity (Wildman–Crippen MR) is 72.3 cm³/mol. The van der Waals surface area contributed by atoms with E-state index in [1.807, 2.05) is 10.3 Å². The minimum Gasteiger partial charge on any atom is -0.454 e. The molecular formula is C13H20N4O3. The summed E-state index contributed by atoms with van der Waals surface area (Å²) in [7, 11) is 0. The lowest BCUT2D eigenvalue weighted by Crippen LogP contribution is -2.47. The number of hydrazine groups is 1. The zero-order chi connectivity index (χ0) is 14.7. The summed E-state index contributed by atoms with van der Waals surface area (Å²) in [5, 5.41) is 0. The van der Waals surface area contributed by atoms with Crippen LogP contribution in [0.3, 0.4) is 0 Å². The number of hydrogen-bond donors (Lipinski definition) is 3. The molecule has 1 atom stereocenters. The number of primary amides is 1. The number of carbonyl (C=O) groups excluding carboxylic acids is 2. The van der Waals surface area contributed by atoms with Crippen LogP contribution in [-0.4, -0.2) is 29.3 Å². The van der Waals surface area contributed by atoms with E-state index in [1.54, 1.807) is 13.0 Å². The number of amides is 2. The summed E-state index contributed by atoms with van der Waals surface area (Å²) < 4.78 is 5.51. The van der Waals surface area contributed by atoms with Crippen molar-refractivity contribution in [2.45, 2.75) is 38.8 Å². The first-order valence-corrected chi connectivity index (χ1v) is 6.66. The van der Waals surface area contributed by atoms with Crippen LogP contribution in [0.5, 0.6) is 0 Å². The van der Waals surface area contributed by atoms with Gasteiger partial charge in [0.1, 0.15) is 5.76 Å². The molecule has 5 N–H and O–H groups in total. The van der Waals surface area contributed by atoms with Gasteiger partial charge in [0.15, 0.2) is 5.76 Å². The van der Waals surface area contributed by atoms with Crippen LogP contribution in [0.25, 0.3) is 0 Å². The Bertz CT molecular complexity index is 512. The van der Waals surface area contributed by atoms with Gasteiger partial charge in [0.25, 0.3) is 0 Å². The molecule has 1 aromatic heterocycles. The summed E-state index contributed by atoms with van der Waals surface area (Å²) in [5.74, 6) is 5.16. The maximum Gasteiger partial charge on any atom is 0.301 e. The number of nitrogens with zero attached hydrogens (tertiary/aromatic N) is 1. The molecule has 20 heavy (non-hydrogen) atoms. The topological polar surface area (TPSA) is 115 Å². The third-order valence-electron chi connectivity index (χ3n) is 3.61. The first-order valence-electron chi connectivity index (χ1n) is 6.66. The minimum atomic E-state index is -0.459. The number of aryl methyl sites for hydroxylation is 1. The standard InChI is InChI=1S/C13H20N4O3/c1-8-6-9(20-11(8)13(19)16-15)7-17-5-3-2-4-10(17)12(14)18/h6,10H,2-5,7,15H2,1H3,(H2,14,18)(H,16,19). The number of nitrogens with two attached hydrogens (primary N) is 2. The highest BCUT2D eigenvalue weighted by molar-refractivity contribution is 5.92. The Balaban J connectivity index is 2.12. The maximum absolute atomic E-state index is 11.5. The average molecular weight is 280 g/mol. The third-order valence-corrected chi connectivity index (χ3v) is 3.61. The lowest BCUT2D eigenvalue weighted by atomic mass is 10.0. The van der Waals surface area contributed by atoms with Gasteiger partial charge in [0.05, 0.1) is 12.6 Å². The molecule has 0 radical (unpaired) electrons. The van der Waals surface area contributed by atoms with Crippen molar-refractivity contribution in [3.8, 4) is 0 Å². The summed E-state index contributed by atoms with van der Waals surface area (Å²) in [6.07, 6.45) is 2.80. The molecule has 1 saturated heterocycles. The summed E-state index contributed by atoms with van der Waals surface area (Å²) in [4.78, 5) is 24.9. The number of nitrogen functional groups attached to an aromatic ring is 1. The van der Waals surface area contributed by atoms with E-state index in [-0.39, 0.29) is 17.7 Å². The summed E-state index contributed by atoms with van der Waals surface area (Å²) >= 11 is 0. The second-order valence-corrected chi connectivity index (χ2v) is 5.08. The highest BCUT2D eigenvalue weighted by atomic mass is 16.4. The number of furan rings is 1. The second-order valence-electron chi connectivity index (χ2n) is 5.08. The van der Waals surface area contributed by atoms with Gasteiger partial charge >= 0.3 is 5.91 Å². The van der Waals surface area contributed by atoms with Crippen molar-refractivity contribution in [3.63, 3.8) is 0 Å². The molecule has 0 aromatic carbocycles. The molecule has 1 fully saturated rings. The van der Waals surface area contributed by atoms with Crippen molar-refractivity contribution < 1.29 is 14.0 Å². The number of rotatable bonds is 4. The molecule has 0 bridgehead atoms. The minimum absolute atomic E-state index is 0.204. The zero-order valence-corrected chi connectivity index (χ0v) is 11.5. The highest BCUT2D eigenvalue weighted by Crippen LogP contribution is 2.22. The van der Waals surface area contributed by atoms with Gasteiger partial charge in [0, 0.05) is 5.56 Å². The molecular weight excluding hydrogens is 260 g/mol. The molecule has 110 valence electrons. The van der Waals surface area contributed by atoms with Crippen LogP contribution in [0.4, 0.5) is 0 Å². The fourth-order valence-corrected chi connectivity index (χ4v) is 2.62. The van der Waals surface area contributed by atoms with Gasteiger partial charge in [-0.15, -0.1) is 0 Å². The number of piperidine rings is 1. The van der Waals surface area contributed by atoms with Crippen molar-refractivity contribution in [2.24, 2.45) is 11.6 Å². The Morgan fingerprint density at radius 1 is 1.50 bits per heavy atom. The largest absolute Gasteiger partial charge is 0.454 e.